The average molecular weight is 334 g/mol. The van der Waals surface area contributed by atoms with Crippen molar-refractivity contribution in [3.8, 4) is 5.88 Å². The lowest BCUT2D eigenvalue weighted by molar-refractivity contribution is 0.205. The van der Waals surface area contributed by atoms with Gasteiger partial charge in [-0.15, -0.1) is 0 Å². The summed E-state index contributed by atoms with van der Waals surface area (Å²) in [6.45, 7) is 6.22. The lowest BCUT2D eigenvalue weighted by Crippen LogP contribution is -2.50. The highest BCUT2D eigenvalue weighted by Crippen LogP contribution is 2.25. The molecule has 3 rings (SSSR count). The molecule has 0 spiro atoms. The zero-order valence-electron chi connectivity index (χ0n) is 13.7. The normalized spacial score (nSPS) is 19.2. The number of halogens is 2. The van der Waals surface area contributed by atoms with Crippen LogP contribution in [-0.4, -0.2) is 35.6 Å². The molecule has 1 saturated heterocycles. The molecule has 1 aromatic carbocycles. The second kappa shape index (κ2) is 7.09. The maximum Gasteiger partial charge on any atom is 0.255 e. The third-order valence-corrected chi connectivity index (χ3v) is 4.09. The first-order valence-corrected chi connectivity index (χ1v) is 7.96. The Morgan fingerprint density at radius 2 is 2.04 bits per heavy atom. The third kappa shape index (κ3) is 3.62. The van der Waals surface area contributed by atoms with Gasteiger partial charge in [-0.1, -0.05) is 12.1 Å². The van der Waals surface area contributed by atoms with Gasteiger partial charge in [0.25, 0.3) is 5.88 Å². The number of benzene rings is 1. The van der Waals surface area contributed by atoms with E-state index in [4.69, 9.17) is 4.74 Å². The first-order valence-electron chi connectivity index (χ1n) is 7.96. The monoisotopic (exact) mass is 334 g/mol. The van der Waals surface area contributed by atoms with E-state index >= 15 is 0 Å². The van der Waals surface area contributed by atoms with Gasteiger partial charge < -0.3 is 15.0 Å². The van der Waals surface area contributed by atoms with Crippen LogP contribution in [0.5, 0.6) is 5.88 Å². The summed E-state index contributed by atoms with van der Waals surface area (Å²) in [5, 5.41) is 3.29. The molecule has 0 bridgehead atoms. The summed E-state index contributed by atoms with van der Waals surface area (Å²) in [6, 6.07) is 6.13. The first-order chi connectivity index (χ1) is 11.5. The maximum atomic E-state index is 14.0. The largest absolute Gasteiger partial charge is 0.468 e. The minimum atomic E-state index is -0.615. The van der Waals surface area contributed by atoms with Gasteiger partial charge in [0, 0.05) is 25.7 Å². The molecule has 128 valence electrons. The Labute approximate surface area is 139 Å². The molecule has 1 aliphatic rings. The number of aromatic nitrogens is 2. The van der Waals surface area contributed by atoms with E-state index in [1.807, 2.05) is 4.90 Å². The Morgan fingerprint density at radius 3 is 2.75 bits per heavy atom. The zero-order valence-corrected chi connectivity index (χ0v) is 13.7. The van der Waals surface area contributed by atoms with Crippen LogP contribution < -0.4 is 15.0 Å². The fourth-order valence-electron chi connectivity index (χ4n) is 2.67. The average Bonchev–Trinajstić information content (AvgIpc) is 2.58. The van der Waals surface area contributed by atoms with Crippen LogP contribution in [-0.2, 0) is 0 Å². The highest BCUT2D eigenvalue weighted by atomic mass is 19.1. The van der Waals surface area contributed by atoms with Crippen molar-refractivity contribution < 1.29 is 13.5 Å². The topological polar surface area (TPSA) is 50.3 Å². The smallest absolute Gasteiger partial charge is 0.255 e. The molecule has 24 heavy (non-hydrogen) atoms. The van der Waals surface area contributed by atoms with Crippen molar-refractivity contribution in [1.29, 1.82) is 0 Å². The molecule has 0 unspecified atom stereocenters. The Balaban J connectivity index is 1.79. The fraction of sp³-hybridized carbons (Fsp3) is 0.412. The van der Waals surface area contributed by atoms with Crippen molar-refractivity contribution in [2.75, 3.05) is 24.5 Å². The second-order valence-corrected chi connectivity index (χ2v) is 5.88. The van der Waals surface area contributed by atoms with Crippen molar-refractivity contribution in [2.45, 2.75) is 26.0 Å². The van der Waals surface area contributed by atoms with Crippen LogP contribution >= 0.6 is 0 Å². The lowest BCUT2D eigenvalue weighted by atomic mass is 10.1. The van der Waals surface area contributed by atoms with Gasteiger partial charge in [-0.05, 0) is 31.5 Å². The summed E-state index contributed by atoms with van der Waals surface area (Å²) in [7, 11) is 0. The molecule has 1 fully saturated rings. The molecular formula is C17H20F2N4O. The van der Waals surface area contributed by atoms with E-state index in [1.165, 1.54) is 12.1 Å². The molecule has 0 amide bonds. The van der Waals surface area contributed by atoms with Gasteiger partial charge in [0.15, 0.2) is 0 Å². The molecule has 1 N–H and O–H groups in total. The Hall–Kier alpha value is -2.28. The summed E-state index contributed by atoms with van der Waals surface area (Å²) >= 11 is 0. The molecule has 0 aliphatic carbocycles. The van der Waals surface area contributed by atoms with E-state index < -0.39 is 11.9 Å². The Morgan fingerprint density at radius 1 is 1.29 bits per heavy atom. The molecule has 0 radical (unpaired) electrons. The second-order valence-electron chi connectivity index (χ2n) is 5.88. The van der Waals surface area contributed by atoms with Gasteiger partial charge in [-0.25, -0.2) is 9.37 Å². The Bertz CT molecular complexity index is 695. The van der Waals surface area contributed by atoms with E-state index in [0.717, 1.165) is 31.4 Å². The lowest BCUT2D eigenvalue weighted by Gasteiger charge is -2.34. The van der Waals surface area contributed by atoms with Crippen LogP contribution in [0.1, 0.15) is 25.5 Å². The van der Waals surface area contributed by atoms with Gasteiger partial charge >= 0.3 is 0 Å². The van der Waals surface area contributed by atoms with E-state index in [9.17, 15) is 8.78 Å². The predicted octanol–water partition coefficient (Wildman–Crippen LogP) is 2.69. The van der Waals surface area contributed by atoms with E-state index in [2.05, 4.69) is 22.2 Å². The maximum absolute atomic E-state index is 14.0. The molecule has 5 nitrogen and oxygen atoms in total. The number of nitrogens with zero attached hydrogens (tertiary/aromatic N) is 3. The standard InChI is InChI=1S/C17H20F2N4O/c1-11-9-20-7-8-23(11)17-21-10-15(19)16(22-17)24-12(2)13-3-5-14(18)6-4-13/h3-6,10-12,20H,7-9H2,1-2H3/t11-,12-/m1/s1. The predicted molar refractivity (Wildman–Crippen MR) is 87.1 cm³/mol. The molecule has 1 aromatic heterocycles. The summed E-state index contributed by atoms with van der Waals surface area (Å²) in [6.07, 6.45) is 0.673. The summed E-state index contributed by atoms with van der Waals surface area (Å²) < 4.78 is 32.7. The quantitative estimate of drug-likeness (QED) is 0.932. The van der Waals surface area contributed by atoms with Crippen molar-refractivity contribution in [2.24, 2.45) is 0 Å². The minimum Gasteiger partial charge on any atom is -0.468 e. The first kappa shape index (κ1) is 16.6. The van der Waals surface area contributed by atoms with Gasteiger partial charge in [0.05, 0.1) is 6.20 Å². The van der Waals surface area contributed by atoms with Crippen LogP contribution in [0.15, 0.2) is 30.5 Å². The summed E-state index contributed by atoms with van der Waals surface area (Å²) in [5.41, 5.74) is 0.742. The number of hydrogen-bond acceptors (Lipinski definition) is 5. The van der Waals surface area contributed by atoms with Gasteiger partial charge in [0.1, 0.15) is 11.9 Å². The molecule has 2 atom stereocenters. The number of piperazine rings is 1. The van der Waals surface area contributed by atoms with E-state index in [0.29, 0.717) is 5.95 Å². The van der Waals surface area contributed by atoms with E-state index in [-0.39, 0.29) is 17.7 Å². The third-order valence-electron chi connectivity index (χ3n) is 4.09. The zero-order chi connectivity index (χ0) is 17.1. The minimum absolute atomic E-state index is 0.0949. The molecule has 2 heterocycles. The van der Waals surface area contributed by atoms with Crippen molar-refractivity contribution in [1.82, 2.24) is 15.3 Å². The van der Waals surface area contributed by atoms with Gasteiger partial charge in [-0.2, -0.15) is 9.37 Å². The van der Waals surface area contributed by atoms with Crippen LogP contribution in [0.2, 0.25) is 0 Å². The fourth-order valence-corrected chi connectivity index (χ4v) is 2.67. The van der Waals surface area contributed by atoms with Crippen molar-refractivity contribution in [3.05, 3.63) is 47.7 Å². The van der Waals surface area contributed by atoms with E-state index in [1.54, 1.807) is 19.1 Å². The molecule has 0 saturated carbocycles. The van der Waals surface area contributed by atoms with Crippen molar-refractivity contribution >= 4 is 5.95 Å². The highest BCUT2D eigenvalue weighted by molar-refractivity contribution is 5.35. The number of nitrogens with one attached hydrogen (secondary N) is 1. The SMILES string of the molecule is C[C@@H]1CNCCN1c1ncc(F)c(O[C@H](C)c2ccc(F)cc2)n1. The number of anilines is 1. The molecule has 1 aliphatic heterocycles. The summed E-state index contributed by atoms with van der Waals surface area (Å²) in [5.74, 6) is -0.584. The molecule has 2 aromatic rings. The molecule has 7 heteroatoms. The Kier molecular flexibility index (Phi) is 4.89. The van der Waals surface area contributed by atoms with Crippen LogP contribution in [0.4, 0.5) is 14.7 Å². The van der Waals surface area contributed by atoms with Gasteiger partial charge in [-0.3, -0.25) is 0 Å². The molecular weight excluding hydrogens is 314 g/mol. The van der Waals surface area contributed by atoms with Gasteiger partial charge in [0.2, 0.25) is 11.8 Å². The number of hydrogen-bond donors (Lipinski definition) is 1. The summed E-state index contributed by atoms with van der Waals surface area (Å²) in [4.78, 5) is 10.4. The number of rotatable bonds is 4. The number of ether oxygens (including phenoxy) is 1. The van der Waals surface area contributed by atoms with Crippen molar-refractivity contribution in [3.63, 3.8) is 0 Å². The van der Waals surface area contributed by atoms with Crippen LogP contribution in [0.25, 0.3) is 0 Å². The highest BCUT2D eigenvalue weighted by Gasteiger charge is 2.22. The van der Waals surface area contributed by atoms with Crippen LogP contribution in [0.3, 0.4) is 0 Å². The van der Waals surface area contributed by atoms with Crippen LogP contribution in [0, 0.1) is 11.6 Å².